The van der Waals surface area contributed by atoms with Crippen molar-refractivity contribution in [3.63, 3.8) is 0 Å². The number of methoxy groups -OCH3 is 3. The Bertz CT molecular complexity index is 1360. The molecule has 204 valence electrons. The molecule has 0 radical (unpaired) electrons. The molecular formula is C26H30N2O9S. The number of fused-ring (bicyclic) bond motifs is 1. The van der Waals surface area contributed by atoms with Gasteiger partial charge in [-0.3, -0.25) is 4.90 Å². The van der Waals surface area contributed by atoms with Crippen LogP contribution in [0.1, 0.15) is 5.56 Å². The minimum absolute atomic E-state index is 0.342. The fourth-order valence-electron chi connectivity index (χ4n) is 4.09. The number of ether oxygens (including phenoxy) is 3. The molecule has 0 bridgehead atoms. The quantitative estimate of drug-likeness (QED) is 0.424. The molecule has 11 nitrogen and oxygen atoms in total. The van der Waals surface area contributed by atoms with E-state index in [1.807, 2.05) is 42.5 Å². The number of sulfonamides is 1. The zero-order valence-electron chi connectivity index (χ0n) is 21.3. The van der Waals surface area contributed by atoms with Crippen molar-refractivity contribution >= 4 is 32.7 Å². The third-order valence-electron chi connectivity index (χ3n) is 6.00. The SMILES string of the molecule is COc1cc(CN2CCN(S(=O)(=O)c3ccc4ccccc4c3)CC2)cc(OC)c1OC.O=C(O)C(=O)O. The van der Waals surface area contributed by atoms with Gasteiger partial charge in [0.2, 0.25) is 15.8 Å². The van der Waals surface area contributed by atoms with Crippen molar-refractivity contribution in [2.24, 2.45) is 0 Å². The minimum Gasteiger partial charge on any atom is -0.493 e. The fourth-order valence-corrected chi connectivity index (χ4v) is 5.55. The Kier molecular flexibility index (Phi) is 9.50. The summed E-state index contributed by atoms with van der Waals surface area (Å²) in [7, 11) is 1.24. The van der Waals surface area contributed by atoms with Crippen LogP contribution in [-0.2, 0) is 26.2 Å². The van der Waals surface area contributed by atoms with Crippen molar-refractivity contribution < 1.29 is 42.4 Å². The van der Waals surface area contributed by atoms with Crippen LogP contribution in [0.2, 0.25) is 0 Å². The van der Waals surface area contributed by atoms with Crippen LogP contribution in [0.3, 0.4) is 0 Å². The van der Waals surface area contributed by atoms with Gasteiger partial charge in [-0.2, -0.15) is 4.31 Å². The number of hydrogen-bond acceptors (Lipinski definition) is 8. The Hall–Kier alpha value is -3.87. The zero-order valence-corrected chi connectivity index (χ0v) is 22.1. The summed E-state index contributed by atoms with van der Waals surface area (Å²) in [6, 6.07) is 17.0. The molecule has 1 saturated heterocycles. The van der Waals surface area contributed by atoms with Crippen molar-refractivity contribution in [2.75, 3.05) is 47.5 Å². The van der Waals surface area contributed by atoms with E-state index in [0.29, 0.717) is 54.9 Å². The van der Waals surface area contributed by atoms with Crippen LogP contribution < -0.4 is 14.2 Å². The second kappa shape index (κ2) is 12.6. The Labute approximate surface area is 220 Å². The molecule has 4 rings (SSSR count). The molecule has 1 aliphatic heterocycles. The van der Waals surface area contributed by atoms with Gasteiger partial charge in [0, 0.05) is 32.7 Å². The molecular weight excluding hydrogens is 516 g/mol. The molecule has 12 heteroatoms. The molecule has 0 atom stereocenters. The van der Waals surface area contributed by atoms with E-state index >= 15 is 0 Å². The summed E-state index contributed by atoms with van der Waals surface area (Å²) >= 11 is 0. The topological polar surface area (TPSA) is 143 Å². The lowest BCUT2D eigenvalue weighted by atomic mass is 10.1. The Morgan fingerprint density at radius 2 is 1.34 bits per heavy atom. The van der Waals surface area contributed by atoms with E-state index in [-0.39, 0.29) is 0 Å². The molecule has 0 aliphatic carbocycles. The minimum atomic E-state index is -3.53. The Morgan fingerprint density at radius 3 is 1.84 bits per heavy atom. The molecule has 0 saturated carbocycles. The lowest BCUT2D eigenvalue weighted by molar-refractivity contribution is -0.159. The van der Waals surface area contributed by atoms with Gasteiger partial charge < -0.3 is 24.4 Å². The van der Waals surface area contributed by atoms with Gasteiger partial charge in [-0.25, -0.2) is 18.0 Å². The van der Waals surface area contributed by atoms with Gasteiger partial charge in [-0.05, 0) is 40.6 Å². The van der Waals surface area contributed by atoms with E-state index in [0.717, 1.165) is 16.3 Å². The van der Waals surface area contributed by atoms with E-state index in [1.54, 1.807) is 37.8 Å². The molecule has 3 aromatic rings. The smallest absolute Gasteiger partial charge is 0.414 e. The Balaban J connectivity index is 0.000000599. The van der Waals surface area contributed by atoms with Crippen LogP contribution in [0.5, 0.6) is 17.2 Å². The molecule has 0 aromatic heterocycles. The lowest BCUT2D eigenvalue weighted by Gasteiger charge is -2.34. The lowest BCUT2D eigenvalue weighted by Crippen LogP contribution is -2.48. The summed E-state index contributed by atoms with van der Waals surface area (Å²) in [6.07, 6.45) is 0. The van der Waals surface area contributed by atoms with Crippen molar-refractivity contribution in [1.29, 1.82) is 0 Å². The first-order chi connectivity index (χ1) is 18.1. The number of nitrogens with zero attached hydrogens (tertiary/aromatic N) is 2. The number of benzene rings is 3. The van der Waals surface area contributed by atoms with E-state index < -0.39 is 22.0 Å². The highest BCUT2D eigenvalue weighted by atomic mass is 32.2. The number of hydrogen-bond donors (Lipinski definition) is 2. The number of carbonyl (C=O) groups is 2. The van der Waals surface area contributed by atoms with Crippen LogP contribution in [0, 0.1) is 0 Å². The predicted octanol–water partition coefficient (Wildman–Crippen LogP) is 2.53. The number of aliphatic carboxylic acids is 2. The van der Waals surface area contributed by atoms with Crippen LogP contribution in [0.15, 0.2) is 59.5 Å². The van der Waals surface area contributed by atoms with Crippen molar-refractivity contribution in [3.05, 3.63) is 60.2 Å². The van der Waals surface area contributed by atoms with Crippen LogP contribution in [0.4, 0.5) is 0 Å². The molecule has 38 heavy (non-hydrogen) atoms. The summed E-state index contributed by atoms with van der Waals surface area (Å²) in [5.74, 6) is -1.87. The van der Waals surface area contributed by atoms with E-state index in [2.05, 4.69) is 4.90 Å². The van der Waals surface area contributed by atoms with Crippen LogP contribution in [0.25, 0.3) is 10.8 Å². The van der Waals surface area contributed by atoms with Gasteiger partial charge in [0.1, 0.15) is 0 Å². The molecule has 2 N–H and O–H groups in total. The number of carboxylic acid groups (broad SMARTS) is 2. The van der Waals surface area contributed by atoms with Crippen LogP contribution >= 0.6 is 0 Å². The maximum absolute atomic E-state index is 13.2. The largest absolute Gasteiger partial charge is 0.493 e. The highest BCUT2D eigenvalue weighted by Crippen LogP contribution is 2.38. The summed E-state index contributed by atoms with van der Waals surface area (Å²) in [5, 5.41) is 16.7. The van der Waals surface area contributed by atoms with E-state index in [9.17, 15) is 8.42 Å². The summed E-state index contributed by atoms with van der Waals surface area (Å²) in [6.45, 7) is 2.84. The second-order valence-electron chi connectivity index (χ2n) is 8.33. The highest BCUT2D eigenvalue weighted by Gasteiger charge is 2.29. The van der Waals surface area contributed by atoms with Crippen molar-refractivity contribution in [1.82, 2.24) is 9.21 Å². The normalized spacial score (nSPS) is 14.3. The molecule has 0 unspecified atom stereocenters. The third kappa shape index (κ3) is 6.71. The molecule has 1 fully saturated rings. The van der Waals surface area contributed by atoms with Gasteiger partial charge in [0.15, 0.2) is 11.5 Å². The number of rotatable bonds is 7. The first kappa shape index (κ1) is 28.7. The van der Waals surface area contributed by atoms with Crippen molar-refractivity contribution in [2.45, 2.75) is 11.4 Å². The standard InChI is InChI=1S/C24H28N2O5S.C2H2O4/c1-29-22-14-18(15-23(30-2)24(22)31-3)17-25-10-12-26(13-11-25)32(27,28)21-9-8-19-6-4-5-7-20(19)16-21;3-1(4)2(5)6/h4-9,14-16H,10-13,17H2,1-3H3;(H,3,4)(H,5,6). The average molecular weight is 547 g/mol. The molecule has 1 aliphatic rings. The third-order valence-corrected chi connectivity index (χ3v) is 7.90. The molecule has 0 spiro atoms. The first-order valence-corrected chi connectivity index (χ1v) is 13.0. The monoisotopic (exact) mass is 546 g/mol. The maximum Gasteiger partial charge on any atom is 0.414 e. The van der Waals surface area contributed by atoms with Gasteiger partial charge in [-0.1, -0.05) is 30.3 Å². The molecule has 3 aromatic carbocycles. The summed E-state index contributed by atoms with van der Waals surface area (Å²) < 4.78 is 44.2. The van der Waals surface area contributed by atoms with Crippen molar-refractivity contribution in [3.8, 4) is 17.2 Å². The molecule has 1 heterocycles. The average Bonchev–Trinajstić information content (AvgIpc) is 2.92. The van der Waals surface area contributed by atoms with Gasteiger partial charge in [0.25, 0.3) is 0 Å². The van der Waals surface area contributed by atoms with Gasteiger partial charge in [0.05, 0.1) is 26.2 Å². The second-order valence-corrected chi connectivity index (χ2v) is 10.3. The molecule has 0 amide bonds. The summed E-state index contributed by atoms with van der Waals surface area (Å²) in [5.41, 5.74) is 1.02. The van der Waals surface area contributed by atoms with E-state index in [1.165, 1.54) is 0 Å². The van der Waals surface area contributed by atoms with Gasteiger partial charge in [-0.15, -0.1) is 0 Å². The summed E-state index contributed by atoms with van der Waals surface area (Å²) in [4.78, 5) is 20.8. The zero-order chi connectivity index (χ0) is 27.9. The number of piperazine rings is 1. The predicted molar refractivity (Wildman–Crippen MR) is 139 cm³/mol. The first-order valence-electron chi connectivity index (χ1n) is 11.6. The van der Waals surface area contributed by atoms with Crippen LogP contribution in [-0.4, -0.2) is 87.3 Å². The van der Waals surface area contributed by atoms with E-state index in [4.69, 9.17) is 34.0 Å². The maximum atomic E-state index is 13.2. The highest BCUT2D eigenvalue weighted by molar-refractivity contribution is 7.89. The fraction of sp³-hybridized carbons (Fsp3) is 0.308. The Morgan fingerprint density at radius 1 is 0.789 bits per heavy atom. The number of carboxylic acids is 2. The van der Waals surface area contributed by atoms with Gasteiger partial charge >= 0.3 is 11.9 Å².